The number of aliphatic carboxylic acids is 2. The van der Waals surface area contributed by atoms with Gasteiger partial charge in [0.15, 0.2) is 0 Å². The zero-order valence-electron chi connectivity index (χ0n) is 5.33. The molecule has 0 aliphatic rings. The minimum atomic E-state index is -0.948. The maximum Gasteiger partial charge on any atom is 0.303 e. The second kappa shape index (κ2) is 6.92. The number of rotatable bonds is 4. The van der Waals surface area contributed by atoms with E-state index in [1.165, 1.54) is 0 Å². The van der Waals surface area contributed by atoms with Crippen LogP contribution in [-0.4, -0.2) is 22.2 Å². The van der Waals surface area contributed by atoms with Gasteiger partial charge in [0.25, 0.3) is 0 Å². The van der Waals surface area contributed by atoms with E-state index in [0.717, 1.165) is 0 Å². The number of carboxylic acid groups (broad SMARTS) is 2. The zero-order chi connectivity index (χ0) is 7.28. The molecule has 0 saturated heterocycles. The summed E-state index contributed by atoms with van der Waals surface area (Å²) in [4.78, 5) is 19.6. The van der Waals surface area contributed by atoms with Crippen molar-refractivity contribution in [1.29, 1.82) is 0 Å². The van der Waals surface area contributed by atoms with Crippen LogP contribution in [0.25, 0.3) is 0 Å². The van der Waals surface area contributed by atoms with Crippen LogP contribution in [0.2, 0.25) is 0 Å². The number of carbonyl (C=O) groups is 2. The Bertz CT molecular complexity index is 109. The van der Waals surface area contributed by atoms with Gasteiger partial charge in [-0.25, -0.2) is 0 Å². The van der Waals surface area contributed by atoms with Crippen molar-refractivity contribution in [2.75, 3.05) is 0 Å². The van der Waals surface area contributed by atoms with Crippen LogP contribution < -0.4 is 0 Å². The van der Waals surface area contributed by atoms with Crippen LogP contribution in [0.15, 0.2) is 0 Å². The van der Waals surface area contributed by atoms with Gasteiger partial charge in [-0.05, 0) is 6.42 Å². The first-order chi connectivity index (χ1) is 4.13. The Morgan fingerprint density at radius 1 is 1.00 bits per heavy atom. The second-order valence-corrected chi connectivity index (χ2v) is 1.64. The first kappa shape index (κ1) is 12.5. The van der Waals surface area contributed by atoms with Crippen molar-refractivity contribution >= 4 is 11.9 Å². The van der Waals surface area contributed by atoms with Crippen LogP contribution in [0.3, 0.4) is 0 Å². The fraction of sp³-hybridized carbons (Fsp3) is 0.600. The normalized spacial score (nSPS) is 8.00. The van der Waals surface area contributed by atoms with E-state index in [0.29, 0.717) is 0 Å². The van der Waals surface area contributed by atoms with E-state index >= 15 is 0 Å². The van der Waals surface area contributed by atoms with Gasteiger partial charge in [-0.1, -0.05) is 0 Å². The van der Waals surface area contributed by atoms with Crippen LogP contribution in [0.5, 0.6) is 0 Å². The summed E-state index contributed by atoms with van der Waals surface area (Å²) in [5, 5.41) is 16.1. The van der Waals surface area contributed by atoms with Crippen LogP contribution in [-0.2, 0) is 35.4 Å². The molecule has 2 N–H and O–H groups in total. The Hall–Kier alpha value is -0.190. The molecule has 0 saturated carbocycles. The Morgan fingerprint density at radius 2 is 1.30 bits per heavy atom. The standard InChI is InChI=1S/C5H8O4.Hf/c6-4(7)2-1-3-5(8)9;/h1-3H2,(H,6,7)(H,8,9);. The molecule has 0 spiro atoms. The van der Waals surface area contributed by atoms with Crippen LogP contribution in [0.4, 0.5) is 0 Å². The quantitative estimate of drug-likeness (QED) is 0.734. The maximum absolute atomic E-state index is 9.79. The summed E-state index contributed by atoms with van der Waals surface area (Å²) in [6.45, 7) is 0. The van der Waals surface area contributed by atoms with Gasteiger partial charge in [-0.3, -0.25) is 9.59 Å². The first-order valence-electron chi connectivity index (χ1n) is 2.56. The summed E-state index contributed by atoms with van der Waals surface area (Å²) in [5.74, 6) is -1.90. The van der Waals surface area contributed by atoms with Crippen LogP contribution in [0, 0.1) is 0 Å². The van der Waals surface area contributed by atoms with Gasteiger partial charge < -0.3 is 10.2 Å². The van der Waals surface area contributed by atoms with Crippen molar-refractivity contribution in [2.24, 2.45) is 0 Å². The summed E-state index contributed by atoms with van der Waals surface area (Å²) in [6.07, 6.45) is 0.0866. The van der Waals surface area contributed by atoms with Gasteiger partial charge in [-0.15, -0.1) is 0 Å². The monoisotopic (exact) mass is 312 g/mol. The number of hydrogen-bond donors (Lipinski definition) is 2. The molecular weight excluding hydrogens is 303 g/mol. The van der Waals surface area contributed by atoms with Gasteiger partial charge in [0.1, 0.15) is 0 Å². The van der Waals surface area contributed by atoms with E-state index < -0.39 is 11.9 Å². The molecule has 5 heteroatoms. The third-order valence-corrected chi connectivity index (χ3v) is 0.781. The van der Waals surface area contributed by atoms with Gasteiger partial charge >= 0.3 is 11.9 Å². The van der Waals surface area contributed by atoms with E-state index in [1.54, 1.807) is 0 Å². The molecule has 0 aromatic rings. The van der Waals surface area contributed by atoms with E-state index in [2.05, 4.69) is 0 Å². The molecular formula is C5H8HfO4. The second-order valence-electron chi connectivity index (χ2n) is 1.64. The molecule has 0 bridgehead atoms. The zero-order valence-corrected chi connectivity index (χ0v) is 8.92. The summed E-state index contributed by atoms with van der Waals surface area (Å²) < 4.78 is 0. The van der Waals surface area contributed by atoms with Gasteiger partial charge in [0.2, 0.25) is 0 Å². The number of carboxylic acids is 2. The molecule has 0 aliphatic carbocycles. The fourth-order valence-electron chi connectivity index (χ4n) is 0.391. The molecule has 0 aromatic heterocycles. The van der Waals surface area contributed by atoms with Crippen LogP contribution >= 0.6 is 0 Å². The van der Waals surface area contributed by atoms with Crippen molar-refractivity contribution in [3.05, 3.63) is 0 Å². The van der Waals surface area contributed by atoms with Crippen molar-refractivity contribution in [3.63, 3.8) is 0 Å². The van der Waals surface area contributed by atoms with Crippen molar-refractivity contribution in [2.45, 2.75) is 19.3 Å². The molecule has 0 fully saturated rings. The van der Waals surface area contributed by atoms with E-state index in [9.17, 15) is 9.59 Å². The minimum absolute atomic E-state index is 0. The summed E-state index contributed by atoms with van der Waals surface area (Å²) >= 11 is 0. The van der Waals surface area contributed by atoms with E-state index in [-0.39, 0.29) is 45.1 Å². The fourth-order valence-corrected chi connectivity index (χ4v) is 0.391. The predicted octanol–water partition coefficient (Wildman–Crippen LogP) is 0.323. The van der Waals surface area contributed by atoms with Crippen molar-refractivity contribution < 1.29 is 45.6 Å². The van der Waals surface area contributed by atoms with E-state index in [4.69, 9.17) is 10.2 Å². The molecule has 0 atom stereocenters. The first-order valence-corrected chi connectivity index (χ1v) is 2.56. The average molecular weight is 311 g/mol. The van der Waals surface area contributed by atoms with Crippen molar-refractivity contribution in [1.82, 2.24) is 0 Å². The van der Waals surface area contributed by atoms with Gasteiger partial charge in [-0.2, -0.15) is 0 Å². The molecule has 4 nitrogen and oxygen atoms in total. The molecule has 56 valence electrons. The molecule has 0 unspecified atom stereocenters. The van der Waals surface area contributed by atoms with E-state index in [1.807, 2.05) is 0 Å². The smallest absolute Gasteiger partial charge is 0.303 e. The van der Waals surface area contributed by atoms with Crippen LogP contribution in [0.1, 0.15) is 19.3 Å². The Labute approximate surface area is 77.0 Å². The summed E-state index contributed by atoms with van der Waals surface area (Å²) in [5.41, 5.74) is 0. The summed E-state index contributed by atoms with van der Waals surface area (Å²) in [6, 6.07) is 0. The minimum Gasteiger partial charge on any atom is -0.481 e. The molecule has 0 aromatic carbocycles. The van der Waals surface area contributed by atoms with Gasteiger partial charge in [0.05, 0.1) is 0 Å². The Balaban J connectivity index is 0. The summed E-state index contributed by atoms with van der Waals surface area (Å²) in [7, 11) is 0. The molecule has 0 amide bonds. The molecule has 0 heterocycles. The Morgan fingerprint density at radius 3 is 1.50 bits per heavy atom. The van der Waals surface area contributed by atoms with Gasteiger partial charge in [0, 0.05) is 38.7 Å². The third-order valence-electron chi connectivity index (χ3n) is 0.781. The molecule has 0 radical (unpaired) electrons. The average Bonchev–Trinajstić information content (AvgIpc) is 1.63. The largest absolute Gasteiger partial charge is 0.481 e. The molecule has 0 rings (SSSR count). The van der Waals surface area contributed by atoms with Crippen molar-refractivity contribution in [3.8, 4) is 0 Å². The molecule has 0 aliphatic heterocycles. The SMILES string of the molecule is O=C(O)CCCC(=O)O.[Hf]. The Kier molecular flexibility index (Phi) is 8.64. The predicted molar refractivity (Wildman–Crippen MR) is 29.1 cm³/mol. The number of hydrogen-bond acceptors (Lipinski definition) is 2. The molecule has 10 heavy (non-hydrogen) atoms. The topological polar surface area (TPSA) is 74.6 Å². The maximum atomic E-state index is 9.79. The third kappa shape index (κ3) is 10.7.